The molecule has 1 amide bonds. The molecule has 4 N–H and O–H groups in total. The minimum absolute atomic E-state index is 0.0288. The molecule has 1 rings (SSSR count). The lowest BCUT2D eigenvalue weighted by Crippen LogP contribution is -2.34. The molecule has 0 saturated heterocycles. The molecule has 1 unspecified atom stereocenters. The molecule has 1 atom stereocenters. The average Bonchev–Trinajstić information content (AvgIpc) is 2.58. The molecule has 90 valence electrons. The Morgan fingerprint density at radius 2 is 2.38 bits per heavy atom. The van der Waals surface area contributed by atoms with Gasteiger partial charge in [-0.15, -0.1) is 11.3 Å². The van der Waals surface area contributed by atoms with Crippen molar-refractivity contribution in [3.8, 4) is 0 Å². The molecule has 0 fully saturated rings. The number of aliphatic hydroxyl groups excluding tert-OH is 1. The molecule has 0 aromatic carbocycles. The van der Waals surface area contributed by atoms with Gasteiger partial charge in [-0.2, -0.15) is 0 Å². The van der Waals surface area contributed by atoms with Crippen molar-refractivity contribution >= 4 is 22.9 Å². The Bertz CT molecular complexity index is 343. The molecule has 4 nitrogen and oxygen atoms in total. The first-order valence-electron chi connectivity index (χ1n) is 5.36. The van der Waals surface area contributed by atoms with Crippen molar-refractivity contribution in [2.24, 2.45) is 0 Å². The summed E-state index contributed by atoms with van der Waals surface area (Å²) in [5.41, 5.74) is 6.35. The van der Waals surface area contributed by atoms with Crippen LogP contribution in [-0.2, 0) is 0 Å². The van der Waals surface area contributed by atoms with Gasteiger partial charge < -0.3 is 16.2 Å². The molecule has 1 heterocycles. The molecular weight excluding hydrogens is 224 g/mol. The second kappa shape index (κ2) is 5.86. The highest BCUT2D eigenvalue weighted by Crippen LogP contribution is 2.23. The van der Waals surface area contributed by atoms with Gasteiger partial charge in [-0.05, 0) is 25.8 Å². The van der Waals surface area contributed by atoms with E-state index in [4.69, 9.17) is 10.8 Å². The van der Waals surface area contributed by atoms with Crippen LogP contribution in [0.2, 0.25) is 0 Å². The van der Waals surface area contributed by atoms with Crippen LogP contribution in [0.25, 0.3) is 0 Å². The third kappa shape index (κ3) is 3.21. The van der Waals surface area contributed by atoms with E-state index in [0.29, 0.717) is 17.0 Å². The lowest BCUT2D eigenvalue weighted by molar-refractivity contribution is 0.0933. The first-order chi connectivity index (χ1) is 7.58. The highest BCUT2D eigenvalue weighted by atomic mass is 32.1. The van der Waals surface area contributed by atoms with E-state index in [-0.39, 0.29) is 18.6 Å². The average molecular weight is 242 g/mol. The van der Waals surface area contributed by atoms with Gasteiger partial charge in [-0.1, -0.05) is 6.92 Å². The molecular formula is C11H18N2O2S. The molecule has 0 saturated carbocycles. The summed E-state index contributed by atoms with van der Waals surface area (Å²) in [7, 11) is 0. The number of thiophene rings is 1. The van der Waals surface area contributed by atoms with Crippen LogP contribution in [0.3, 0.4) is 0 Å². The first kappa shape index (κ1) is 13.0. The van der Waals surface area contributed by atoms with Crippen molar-refractivity contribution in [3.63, 3.8) is 0 Å². The number of hydrogen-bond acceptors (Lipinski definition) is 4. The smallest absolute Gasteiger partial charge is 0.261 e. The Labute approximate surface area is 99.5 Å². The fourth-order valence-electron chi connectivity index (χ4n) is 1.40. The zero-order valence-corrected chi connectivity index (χ0v) is 10.4. The van der Waals surface area contributed by atoms with E-state index in [1.165, 1.54) is 11.3 Å². The minimum atomic E-state index is -0.106. The summed E-state index contributed by atoms with van der Waals surface area (Å²) in [6.45, 7) is 3.96. The summed E-state index contributed by atoms with van der Waals surface area (Å²) in [5.74, 6) is -0.106. The third-order valence-corrected chi connectivity index (χ3v) is 3.55. The van der Waals surface area contributed by atoms with Crippen LogP contribution in [0.1, 0.15) is 34.3 Å². The molecule has 1 aromatic heterocycles. The van der Waals surface area contributed by atoms with Crippen LogP contribution in [-0.4, -0.2) is 23.7 Å². The van der Waals surface area contributed by atoms with Gasteiger partial charge in [0, 0.05) is 23.2 Å². The van der Waals surface area contributed by atoms with Crippen LogP contribution >= 0.6 is 11.3 Å². The molecule has 5 heteroatoms. The van der Waals surface area contributed by atoms with Gasteiger partial charge in [-0.25, -0.2) is 0 Å². The topological polar surface area (TPSA) is 75.3 Å². The molecule has 1 aromatic rings. The monoisotopic (exact) mass is 242 g/mol. The summed E-state index contributed by atoms with van der Waals surface area (Å²) in [6, 6.07) is 1.72. The van der Waals surface area contributed by atoms with E-state index < -0.39 is 0 Å². The largest absolute Gasteiger partial charge is 0.398 e. The number of carbonyl (C=O) groups is 1. The van der Waals surface area contributed by atoms with Gasteiger partial charge >= 0.3 is 0 Å². The number of nitrogens with one attached hydrogen (secondary N) is 1. The highest BCUT2D eigenvalue weighted by molar-refractivity contribution is 7.14. The maximum Gasteiger partial charge on any atom is 0.261 e. The zero-order valence-electron chi connectivity index (χ0n) is 9.62. The van der Waals surface area contributed by atoms with Gasteiger partial charge in [0.1, 0.15) is 0 Å². The van der Waals surface area contributed by atoms with E-state index in [1.54, 1.807) is 6.07 Å². The predicted octanol–water partition coefficient (Wildman–Crippen LogP) is 1.53. The standard InChI is InChI=1S/C11H18N2O2S/c1-3-8(4-5-14)13-11(15)10-6-9(12)7(2)16-10/h6,8,14H,3-5,12H2,1-2H3,(H,13,15). The third-order valence-electron chi connectivity index (χ3n) is 2.49. The number of carbonyl (C=O) groups excluding carboxylic acids is 1. The molecule has 16 heavy (non-hydrogen) atoms. The number of hydrogen-bond donors (Lipinski definition) is 3. The number of amides is 1. The van der Waals surface area contributed by atoms with E-state index >= 15 is 0 Å². The Morgan fingerprint density at radius 3 is 2.81 bits per heavy atom. The molecule has 0 aliphatic carbocycles. The Balaban J connectivity index is 2.64. The first-order valence-corrected chi connectivity index (χ1v) is 6.17. The predicted molar refractivity (Wildman–Crippen MR) is 66.7 cm³/mol. The number of aliphatic hydroxyl groups is 1. The number of anilines is 1. The van der Waals surface area contributed by atoms with Crippen LogP contribution in [0.4, 0.5) is 5.69 Å². The van der Waals surface area contributed by atoms with Crippen molar-refractivity contribution < 1.29 is 9.90 Å². The number of nitrogens with two attached hydrogens (primary N) is 1. The van der Waals surface area contributed by atoms with Crippen LogP contribution in [0, 0.1) is 6.92 Å². The quantitative estimate of drug-likeness (QED) is 0.733. The summed E-state index contributed by atoms with van der Waals surface area (Å²) < 4.78 is 0. The normalized spacial score (nSPS) is 12.4. The SMILES string of the molecule is CCC(CCO)NC(=O)c1cc(N)c(C)s1. The molecule has 0 aliphatic heterocycles. The maximum absolute atomic E-state index is 11.8. The van der Waals surface area contributed by atoms with Crippen molar-refractivity contribution in [1.29, 1.82) is 0 Å². The summed E-state index contributed by atoms with van der Waals surface area (Å²) >= 11 is 1.39. The Hall–Kier alpha value is -1.07. The highest BCUT2D eigenvalue weighted by Gasteiger charge is 2.14. The van der Waals surface area contributed by atoms with Gasteiger partial charge in [0.25, 0.3) is 5.91 Å². The second-order valence-corrected chi connectivity index (χ2v) is 4.97. The molecule has 0 aliphatic rings. The lowest BCUT2D eigenvalue weighted by atomic mass is 10.1. The fourth-order valence-corrected chi connectivity index (χ4v) is 2.24. The van der Waals surface area contributed by atoms with Gasteiger partial charge in [0.15, 0.2) is 0 Å². The number of rotatable bonds is 5. The summed E-state index contributed by atoms with van der Waals surface area (Å²) in [4.78, 5) is 13.4. The fraction of sp³-hybridized carbons (Fsp3) is 0.545. The van der Waals surface area contributed by atoms with Crippen molar-refractivity contribution in [1.82, 2.24) is 5.32 Å². The van der Waals surface area contributed by atoms with Crippen LogP contribution < -0.4 is 11.1 Å². The summed E-state index contributed by atoms with van der Waals surface area (Å²) in [5, 5.41) is 11.7. The van der Waals surface area contributed by atoms with Crippen molar-refractivity contribution in [2.45, 2.75) is 32.7 Å². The number of aryl methyl sites for hydroxylation is 1. The van der Waals surface area contributed by atoms with E-state index in [0.717, 1.165) is 11.3 Å². The van der Waals surface area contributed by atoms with E-state index in [1.807, 2.05) is 13.8 Å². The summed E-state index contributed by atoms with van der Waals surface area (Å²) in [6.07, 6.45) is 1.40. The molecule has 0 bridgehead atoms. The zero-order chi connectivity index (χ0) is 12.1. The van der Waals surface area contributed by atoms with E-state index in [2.05, 4.69) is 5.32 Å². The second-order valence-electron chi connectivity index (χ2n) is 3.71. The van der Waals surface area contributed by atoms with Gasteiger partial charge in [-0.3, -0.25) is 4.79 Å². The molecule has 0 radical (unpaired) electrons. The Kier molecular flexibility index (Phi) is 4.76. The lowest BCUT2D eigenvalue weighted by Gasteiger charge is -2.14. The van der Waals surface area contributed by atoms with Crippen LogP contribution in [0.5, 0.6) is 0 Å². The van der Waals surface area contributed by atoms with E-state index in [9.17, 15) is 4.79 Å². The van der Waals surface area contributed by atoms with Gasteiger partial charge in [0.05, 0.1) is 4.88 Å². The van der Waals surface area contributed by atoms with Gasteiger partial charge in [0.2, 0.25) is 0 Å². The maximum atomic E-state index is 11.8. The van der Waals surface area contributed by atoms with Crippen molar-refractivity contribution in [3.05, 3.63) is 15.8 Å². The number of nitrogen functional groups attached to an aromatic ring is 1. The van der Waals surface area contributed by atoms with Crippen LogP contribution in [0.15, 0.2) is 6.07 Å². The molecule has 0 spiro atoms. The Morgan fingerprint density at radius 1 is 1.69 bits per heavy atom. The minimum Gasteiger partial charge on any atom is -0.398 e. The van der Waals surface area contributed by atoms with Crippen molar-refractivity contribution in [2.75, 3.05) is 12.3 Å².